The van der Waals surface area contributed by atoms with E-state index in [1.54, 1.807) is 24.3 Å². The number of aromatic nitrogens is 4. The zero-order valence-electron chi connectivity index (χ0n) is 35.8. The molecule has 12 aromatic rings. The molecule has 0 atom stereocenters. The van der Waals surface area contributed by atoms with Crippen LogP contribution in [0.5, 0.6) is 0 Å². The predicted octanol–water partition coefficient (Wildman–Crippen LogP) is 16.0. The summed E-state index contributed by atoms with van der Waals surface area (Å²) in [7, 11) is 0. The molecule has 0 unspecified atom stereocenters. The molecule has 314 valence electrons. The van der Waals surface area contributed by atoms with Crippen LogP contribution in [0.2, 0.25) is 0 Å². The molecule has 6 heteroatoms. The molecule has 13 rings (SSSR count). The van der Waals surface area contributed by atoms with E-state index in [2.05, 4.69) is 109 Å². The third kappa shape index (κ3) is 6.72. The van der Waals surface area contributed by atoms with Gasteiger partial charge in [0.25, 0.3) is 5.92 Å². The zero-order valence-corrected chi connectivity index (χ0v) is 35.8. The summed E-state index contributed by atoms with van der Waals surface area (Å²) in [6.45, 7) is 0. The van der Waals surface area contributed by atoms with Gasteiger partial charge in [0, 0.05) is 44.5 Å². The second-order valence-corrected chi connectivity index (χ2v) is 17.3. The van der Waals surface area contributed by atoms with Crippen LogP contribution in [0.3, 0.4) is 0 Å². The fourth-order valence-corrected chi connectivity index (χ4v) is 9.64. The predicted molar refractivity (Wildman–Crippen MR) is 269 cm³/mol. The summed E-state index contributed by atoms with van der Waals surface area (Å²) in [4.78, 5) is 20.6. The van der Waals surface area contributed by atoms with Gasteiger partial charge in [-0.25, -0.2) is 19.9 Å². The fourth-order valence-electron chi connectivity index (χ4n) is 9.64. The molecule has 0 radical (unpaired) electrons. The van der Waals surface area contributed by atoms with Crippen LogP contribution in [0, 0.1) is 0 Å². The lowest BCUT2D eigenvalue weighted by Gasteiger charge is -2.14. The van der Waals surface area contributed by atoms with Crippen LogP contribution in [-0.2, 0) is 5.92 Å². The Balaban J connectivity index is 0.959. The number of benzene rings is 10. The molecule has 2 heterocycles. The van der Waals surface area contributed by atoms with Gasteiger partial charge in [-0.15, -0.1) is 0 Å². The lowest BCUT2D eigenvalue weighted by molar-refractivity contribution is 0.0480. The number of alkyl halides is 2. The van der Waals surface area contributed by atoms with Crippen molar-refractivity contribution in [1.82, 2.24) is 19.9 Å². The fraction of sp³-hybridized carbons (Fsp3) is 0.0164. The number of hydrogen-bond donors (Lipinski definition) is 0. The molecule has 1 aliphatic rings. The summed E-state index contributed by atoms with van der Waals surface area (Å²) in [5.74, 6) is -2.11. The third-order valence-corrected chi connectivity index (χ3v) is 13.2. The van der Waals surface area contributed by atoms with E-state index < -0.39 is 5.92 Å². The van der Waals surface area contributed by atoms with Crippen molar-refractivity contribution in [1.29, 1.82) is 0 Å². The minimum absolute atomic E-state index is 0.0432. The van der Waals surface area contributed by atoms with Crippen molar-refractivity contribution in [3.8, 4) is 78.9 Å². The molecular formula is C61H36F2N4. The quantitative estimate of drug-likeness (QED) is 0.167. The smallest absolute Gasteiger partial charge is 0.228 e. The molecule has 0 fully saturated rings. The maximum Gasteiger partial charge on any atom is 0.299 e. The van der Waals surface area contributed by atoms with Gasteiger partial charge in [-0.1, -0.05) is 170 Å². The minimum Gasteiger partial charge on any atom is -0.228 e. The summed E-state index contributed by atoms with van der Waals surface area (Å²) in [6, 6.07) is 72.2. The summed E-state index contributed by atoms with van der Waals surface area (Å²) < 4.78 is 33.2. The van der Waals surface area contributed by atoms with Crippen molar-refractivity contribution in [2.24, 2.45) is 0 Å². The molecule has 1 aliphatic carbocycles. The van der Waals surface area contributed by atoms with Crippen LogP contribution < -0.4 is 0 Å². The number of halogens is 2. The Bertz CT molecular complexity index is 3540. The molecule has 0 bridgehead atoms. The van der Waals surface area contributed by atoms with Crippen LogP contribution in [0.25, 0.3) is 122 Å². The zero-order chi connectivity index (χ0) is 44.6. The summed E-state index contributed by atoms with van der Waals surface area (Å²) in [6.07, 6.45) is 0. The molecular weight excluding hydrogens is 827 g/mol. The van der Waals surface area contributed by atoms with Gasteiger partial charge in [0.15, 0.2) is 11.6 Å². The first-order valence-electron chi connectivity index (χ1n) is 22.3. The van der Waals surface area contributed by atoms with Gasteiger partial charge >= 0.3 is 0 Å². The highest BCUT2D eigenvalue weighted by Gasteiger charge is 2.44. The van der Waals surface area contributed by atoms with Crippen molar-refractivity contribution in [2.75, 3.05) is 0 Å². The summed E-state index contributed by atoms with van der Waals surface area (Å²) in [5, 5.41) is 8.83. The molecule has 0 saturated heterocycles. The van der Waals surface area contributed by atoms with Crippen LogP contribution in [-0.4, -0.2) is 19.9 Å². The first-order valence-corrected chi connectivity index (χ1v) is 22.3. The Morgan fingerprint density at radius 3 is 0.866 bits per heavy atom. The molecule has 0 saturated carbocycles. The molecule has 2 aromatic heterocycles. The maximum absolute atomic E-state index is 16.6. The van der Waals surface area contributed by atoms with Crippen molar-refractivity contribution < 1.29 is 8.78 Å². The van der Waals surface area contributed by atoms with Crippen molar-refractivity contribution in [3.63, 3.8) is 0 Å². The third-order valence-electron chi connectivity index (χ3n) is 13.2. The number of nitrogens with zero attached hydrogens (tertiary/aromatic N) is 4. The Morgan fingerprint density at radius 1 is 0.254 bits per heavy atom. The van der Waals surface area contributed by atoms with E-state index in [0.717, 1.165) is 76.7 Å². The Kier molecular flexibility index (Phi) is 8.77. The van der Waals surface area contributed by atoms with E-state index in [4.69, 9.17) is 19.9 Å². The lowest BCUT2D eigenvalue weighted by atomic mass is 9.97. The summed E-state index contributed by atoms with van der Waals surface area (Å²) >= 11 is 0. The Hall–Kier alpha value is -8.74. The molecule has 0 aliphatic heterocycles. The largest absolute Gasteiger partial charge is 0.299 e. The van der Waals surface area contributed by atoms with Crippen LogP contribution in [0.4, 0.5) is 8.78 Å². The van der Waals surface area contributed by atoms with Crippen LogP contribution >= 0.6 is 0 Å². The molecule has 4 nitrogen and oxygen atoms in total. The topological polar surface area (TPSA) is 51.6 Å². The highest BCUT2D eigenvalue weighted by atomic mass is 19.3. The maximum atomic E-state index is 16.6. The molecule has 0 amide bonds. The Labute approximate surface area is 384 Å². The minimum atomic E-state index is -3.21. The number of rotatable bonds is 6. The standard InChI is InChI=1S/C61H36F2N4/c62-61(63)53-27-25-47(57-35-55(45-21-17-37-9-1-5-13-41(37)29-45)64-59(66-57)49-23-19-39-11-3-7-15-43(39)31-49)33-51(53)52-34-48(26-28-54(52)61)58-36-56(46-22-18-38-10-2-6-14-42(38)30-46)65-60(67-58)50-24-20-40-12-4-8-16-44(40)32-50/h1-36H. The molecule has 0 spiro atoms. The molecule has 67 heavy (non-hydrogen) atoms. The first kappa shape index (κ1) is 38.7. The van der Waals surface area contributed by atoms with Crippen LogP contribution in [0.15, 0.2) is 218 Å². The molecule has 10 aromatic carbocycles. The van der Waals surface area contributed by atoms with E-state index in [1.807, 2.05) is 84.9 Å². The van der Waals surface area contributed by atoms with Gasteiger partial charge in [0.05, 0.1) is 22.8 Å². The normalized spacial score (nSPS) is 12.7. The average Bonchev–Trinajstić information content (AvgIpc) is 3.62. The highest BCUT2D eigenvalue weighted by molar-refractivity contribution is 5.92. The average molecular weight is 863 g/mol. The SMILES string of the molecule is FC1(F)c2ccc(-c3cc(-c4ccc5ccccc5c4)nc(-c4ccc5ccccc5c4)n3)cc2-c2cc(-c3cc(-c4ccc5ccccc5c4)nc(-c4ccc5ccccc5c4)n3)ccc21. The number of hydrogen-bond acceptors (Lipinski definition) is 4. The second-order valence-electron chi connectivity index (χ2n) is 17.3. The van der Waals surface area contributed by atoms with Gasteiger partial charge in [0.1, 0.15) is 0 Å². The van der Waals surface area contributed by atoms with E-state index in [-0.39, 0.29) is 11.1 Å². The molecule has 0 N–H and O–H groups in total. The monoisotopic (exact) mass is 862 g/mol. The van der Waals surface area contributed by atoms with Gasteiger partial charge in [0.2, 0.25) is 0 Å². The van der Waals surface area contributed by atoms with E-state index in [1.165, 1.54) is 0 Å². The van der Waals surface area contributed by atoms with Crippen molar-refractivity contribution in [3.05, 3.63) is 230 Å². The number of fused-ring (bicyclic) bond motifs is 7. The van der Waals surface area contributed by atoms with E-state index in [0.29, 0.717) is 45.3 Å². The second kappa shape index (κ2) is 15.2. The highest BCUT2D eigenvalue weighted by Crippen LogP contribution is 2.53. The van der Waals surface area contributed by atoms with Crippen LogP contribution in [0.1, 0.15) is 11.1 Å². The van der Waals surface area contributed by atoms with Crippen molar-refractivity contribution in [2.45, 2.75) is 5.92 Å². The van der Waals surface area contributed by atoms with E-state index >= 15 is 8.78 Å². The Morgan fingerprint density at radius 2 is 0.522 bits per heavy atom. The van der Waals surface area contributed by atoms with E-state index in [9.17, 15) is 0 Å². The van der Waals surface area contributed by atoms with Crippen molar-refractivity contribution >= 4 is 43.1 Å². The lowest BCUT2D eigenvalue weighted by Crippen LogP contribution is -2.10. The van der Waals surface area contributed by atoms with Gasteiger partial charge in [-0.05, 0) is 103 Å². The van der Waals surface area contributed by atoms with Gasteiger partial charge in [-0.2, -0.15) is 8.78 Å². The first-order chi connectivity index (χ1) is 32.9. The summed E-state index contributed by atoms with van der Waals surface area (Å²) in [5.41, 5.74) is 8.57. The van der Waals surface area contributed by atoms with Gasteiger partial charge in [-0.3, -0.25) is 0 Å². The van der Waals surface area contributed by atoms with Gasteiger partial charge < -0.3 is 0 Å².